The van der Waals surface area contributed by atoms with Gasteiger partial charge in [-0.3, -0.25) is 0 Å². The topological polar surface area (TPSA) is 15.3 Å². The zero-order valence-electron chi connectivity index (χ0n) is 10.3. The van der Waals surface area contributed by atoms with Crippen molar-refractivity contribution in [1.29, 1.82) is 0 Å². The second-order valence-corrected chi connectivity index (χ2v) is 5.76. The number of rotatable bonds is 4. The van der Waals surface area contributed by atoms with Crippen LogP contribution in [0.25, 0.3) is 0 Å². The van der Waals surface area contributed by atoms with E-state index in [4.69, 9.17) is 11.6 Å². The highest BCUT2D eigenvalue weighted by Crippen LogP contribution is 2.32. The summed E-state index contributed by atoms with van der Waals surface area (Å²) in [4.78, 5) is 2.08. The average Bonchev–Trinajstić information content (AvgIpc) is 3.06. The van der Waals surface area contributed by atoms with Crippen molar-refractivity contribution in [3.8, 4) is 0 Å². The van der Waals surface area contributed by atoms with Gasteiger partial charge >= 0.3 is 0 Å². The normalized spacial score (nSPS) is 23.7. The standard InChI is InChI=1S/C14H18ClFN2/c15-12-2-1-3-13(16)14(12)18-7-6-10(9-18)8-17-11-4-5-11/h1-3,10-11,17H,4-9H2. The minimum atomic E-state index is -0.210. The first kappa shape index (κ1) is 12.2. The molecule has 2 fully saturated rings. The Balaban J connectivity index is 1.63. The number of hydrogen-bond acceptors (Lipinski definition) is 2. The molecule has 1 saturated heterocycles. The molecule has 1 aromatic carbocycles. The van der Waals surface area contributed by atoms with Crippen LogP contribution >= 0.6 is 11.6 Å². The molecule has 0 amide bonds. The maximum atomic E-state index is 13.8. The van der Waals surface area contributed by atoms with Gasteiger partial charge in [0.05, 0.1) is 10.7 Å². The van der Waals surface area contributed by atoms with Gasteiger partial charge in [-0.25, -0.2) is 4.39 Å². The summed E-state index contributed by atoms with van der Waals surface area (Å²) in [5.74, 6) is 0.402. The Morgan fingerprint density at radius 1 is 1.33 bits per heavy atom. The molecular weight excluding hydrogens is 251 g/mol. The fraction of sp³-hybridized carbons (Fsp3) is 0.571. The van der Waals surface area contributed by atoms with Crippen LogP contribution in [0.3, 0.4) is 0 Å². The fourth-order valence-electron chi connectivity index (χ4n) is 2.61. The largest absolute Gasteiger partial charge is 0.368 e. The van der Waals surface area contributed by atoms with Crippen molar-refractivity contribution >= 4 is 17.3 Å². The van der Waals surface area contributed by atoms with Crippen LogP contribution in [-0.4, -0.2) is 25.7 Å². The monoisotopic (exact) mass is 268 g/mol. The third-order valence-electron chi connectivity index (χ3n) is 3.81. The van der Waals surface area contributed by atoms with Crippen molar-refractivity contribution in [2.45, 2.75) is 25.3 Å². The van der Waals surface area contributed by atoms with Crippen LogP contribution in [0.5, 0.6) is 0 Å². The van der Waals surface area contributed by atoms with Crippen LogP contribution in [0.4, 0.5) is 10.1 Å². The highest BCUT2D eigenvalue weighted by Gasteiger charge is 2.28. The number of hydrogen-bond donors (Lipinski definition) is 1. The summed E-state index contributed by atoms with van der Waals surface area (Å²) in [7, 11) is 0. The maximum absolute atomic E-state index is 13.8. The van der Waals surface area contributed by atoms with Crippen LogP contribution in [-0.2, 0) is 0 Å². The molecule has 0 radical (unpaired) electrons. The van der Waals surface area contributed by atoms with Gasteiger partial charge in [-0.1, -0.05) is 17.7 Å². The zero-order chi connectivity index (χ0) is 12.5. The van der Waals surface area contributed by atoms with Gasteiger partial charge in [-0.05, 0) is 43.9 Å². The highest BCUT2D eigenvalue weighted by molar-refractivity contribution is 6.33. The summed E-state index contributed by atoms with van der Waals surface area (Å²) in [5.41, 5.74) is 0.577. The lowest BCUT2D eigenvalue weighted by Crippen LogP contribution is -2.28. The minimum absolute atomic E-state index is 0.210. The van der Waals surface area contributed by atoms with E-state index in [2.05, 4.69) is 10.2 Å². The van der Waals surface area contributed by atoms with Crippen molar-refractivity contribution < 1.29 is 4.39 Å². The van der Waals surface area contributed by atoms with Crippen molar-refractivity contribution in [2.75, 3.05) is 24.5 Å². The molecule has 3 rings (SSSR count). The highest BCUT2D eigenvalue weighted by atomic mass is 35.5. The molecule has 18 heavy (non-hydrogen) atoms. The zero-order valence-corrected chi connectivity index (χ0v) is 11.1. The van der Waals surface area contributed by atoms with E-state index in [1.54, 1.807) is 12.1 Å². The first-order chi connectivity index (χ1) is 8.74. The third-order valence-corrected chi connectivity index (χ3v) is 4.12. The molecule has 4 heteroatoms. The molecule has 1 saturated carbocycles. The lowest BCUT2D eigenvalue weighted by atomic mass is 10.1. The molecule has 98 valence electrons. The van der Waals surface area contributed by atoms with Crippen LogP contribution in [0.2, 0.25) is 5.02 Å². The maximum Gasteiger partial charge on any atom is 0.148 e. The molecule has 2 aliphatic rings. The summed E-state index contributed by atoms with van der Waals surface area (Å²) in [6.07, 6.45) is 3.75. The molecule has 1 N–H and O–H groups in total. The smallest absolute Gasteiger partial charge is 0.148 e. The average molecular weight is 269 g/mol. The Bertz CT molecular complexity index is 414. The molecule has 0 bridgehead atoms. The molecule has 1 atom stereocenters. The Hall–Kier alpha value is -0.800. The number of para-hydroxylation sites is 1. The molecule has 0 spiro atoms. The van der Waals surface area contributed by atoms with Crippen LogP contribution in [0, 0.1) is 11.7 Å². The molecule has 1 aliphatic carbocycles. The Kier molecular flexibility index (Phi) is 3.44. The van der Waals surface area contributed by atoms with Crippen LogP contribution < -0.4 is 10.2 Å². The van der Waals surface area contributed by atoms with E-state index in [0.29, 0.717) is 16.6 Å². The first-order valence-corrected chi connectivity index (χ1v) is 7.04. The molecular formula is C14H18ClFN2. The lowest BCUT2D eigenvalue weighted by Gasteiger charge is -2.20. The summed E-state index contributed by atoms with van der Waals surface area (Å²) in [6, 6.07) is 5.65. The van der Waals surface area contributed by atoms with Crippen molar-refractivity contribution in [3.63, 3.8) is 0 Å². The Morgan fingerprint density at radius 2 is 2.17 bits per heavy atom. The van der Waals surface area contributed by atoms with Gasteiger partial charge in [0, 0.05) is 19.1 Å². The van der Waals surface area contributed by atoms with Gasteiger partial charge in [0.25, 0.3) is 0 Å². The number of halogens is 2. The minimum Gasteiger partial charge on any atom is -0.368 e. The van der Waals surface area contributed by atoms with Gasteiger partial charge < -0.3 is 10.2 Å². The van der Waals surface area contributed by atoms with Crippen LogP contribution in [0.15, 0.2) is 18.2 Å². The molecule has 2 nitrogen and oxygen atoms in total. The van der Waals surface area contributed by atoms with E-state index in [-0.39, 0.29) is 5.82 Å². The van der Waals surface area contributed by atoms with Gasteiger partial charge in [0.1, 0.15) is 5.82 Å². The number of benzene rings is 1. The molecule has 1 heterocycles. The second kappa shape index (κ2) is 5.06. The van der Waals surface area contributed by atoms with Crippen molar-refractivity contribution in [3.05, 3.63) is 29.0 Å². The van der Waals surface area contributed by atoms with Gasteiger partial charge in [0.15, 0.2) is 0 Å². The number of nitrogens with one attached hydrogen (secondary N) is 1. The van der Waals surface area contributed by atoms with Gasteiger partial charge in [0.2, 0.25) is 0 Å². The molecule has 1 aromatic rings. The second-order valence-electron chi connectivity index (χ2n) is 5.35. The fourth-order valence-corrected chi connectivity index (χ4v) is 2.90. The Labute approximate surface area is 112 Å². The summed E-state index contributed by atoms with van der Waals surface area (Å²) in [6.45, 7) is 2.85. The Morgan fingerprint density at radius 3 is 2.89 bits per heavy atom. The first-order valence-electron chi connectivity index (χ1n) is 6.66. The summed E-state index contributed by atoms with van der Waals surface area (Å²) >= 11 is 6.10. The van der Waals surface area contributed by atoms with E-state index in [1.165, 1.54) is 18.9 Å². The number of nitrogens with zero attached hydrogens (tertiary/aromatic N) is 1. The van der Waals surface area contributed by atoms with Crippen molar-refractivity contribution in [1.82, 2.24) is 5.32 Å². The third kappa shape index (κ3) is 2.62. The number of anilines is 1. The quantitative estimate of drug-likeness (QED) is 0.903. The predicted molar refractivity (Wildman–Crippen MR) is 72.8 cm³/mol. The van der Waals surface area contributed by atoms with E-state index in [1.807, 2.05) is 0 Å². The predicted octanol–water partition coefficient (Wildman–Crippen LogP) is 3.06. The van der Waals surface area contributed by atoms with E-state index >= 15 is 0 Å². The molecule has 1 aliphatic heterocycles. The van der Waals surface area contributed by atoms with Gasteiger partial charge in [-0.2, -0.15) is 0 Å². The van der Waals surface area contributed by atoms with Crippen LogP contribution in [0.1, 0.15) is 19.3 Å². The van der Waals surface area contributed by atoms with E-state index < -0.39 is 0 Å². The van der Waals surface area contributed by atoms with Gasteiger partial charge in [-0.15, -0.1) is 0 Å². The van der Waals surface area contributed by atoms with E-state index in [9.17, 15) is 4.39 Å². The summed E-state index contributed by atoms with van der Waals surface area (Å²) in [5, 5.41) is 4.07. The lowest BCUT2D eigenvalue weighted by molar-refractivity contribution is 0.514. The van der Waals surface area contributed by atoms with Crippen molar-refractivity contribution in [2.24, 2.45) is 5.92 Å². The molecule has 1 unspecified atom stereocenters. The SMILES string of the molecule is Fc1cccc(Cl)c1N1CCC(CNC2CC2)C1. The molecule has 0 aromatic heterocycles. The summed E-state index contributed by atoms with van der Waals surface area (Å²) < 4.78 is 13.8. The van der Waals surface area contributed by atoms with E-state index in [0.717, 1.165) is 32.1 Å².